The summed E-state index contributed by atoms with van der Waals surface area (Å²) >= 11 is 0. The van der Waals surface area contributed by atoms with Gasteiger partial charge in [-0.15, -0.1) is 0 Å². The second kappa shape index (κ2) is 11.9. The molecule has 0 radical (unpaired) electrons. The van der Waals surface area contributed by atoms with Crippen molar-refractivity contribution in [1.82, 2.24) is 4.90 Å². The van der Waals surface area contributed by atoms with E-state index in [1.807, 2.05) is 0 Å². The molecule has 0 unspecified atom stereocenters. The van der Waals surface area contributed by atoms with Gasteiger partial charge in [0.05, 0.1) is 36.6 Å². The van der Waals surface area contributed by atoms with Crippen LogP contribution in [-0.4, -0.2) is 43.0 Å². The normalized spacial score (nSPS) is 19.2. The lowest BCUT2D eigenvalue weighted by molar-refractivity contribution is -0.289. The highest BCUT2D eigenvalue weighted by Gasteiger charge is 2.59. The van der Waals surface area contributed by atoms with Gasteiger partial charge in [0.2, 0.25) is 0 Å². The van der Waals surface area contributed by atoms with Gasteiger partial charge in [0.1, 0.15) is 0 Å². The molecule has 0 saturated heterocycles. The predicted octanol–water partition coefficient (Wildman–Crippen LogP) is 8.83. The van der Waals surface area contributed by atoms with Crippen LogP contribution in [0.2, 0.25) is 0 Å². The number of hydrogen-bond donors (Lipinski definition) is 0. The standard InChI is InChI=1S/C28H25F11N2O4/c1-3-45-24(43)41-20-7-6-16(25(29,30)28(37,38)39)11-19(20)22(12-21(41)15-4-5-15)40(23(42)44-2)13-14-8-17(26(31,32)33)10-18(9-14)27(34,35)36/h6-11,15,21-22H,3-5,12-13H2,1-2H3/t21-,22-/m1/s1. The summed E-state index contributed by atoms with van der Waals surface area (Å²) in [6.45, 7) is 0.329. The number of benzene rings is 2. The van der Waals surface area contributed by atoms with Crippen LogP contribution in [0.15, 0.2) is 36.4 Å². The first kappa shape index (κ1) is 34.1. The molecule has 45 heavy (non-hydrogen) atoms. The zero-order valence-electron chi connectivity index (χ0n) is 23.4. The van der Waals surface area contributed by atoms with Crippen molar-refractivity contribution < 1.29 is 67.4 Å². The van der Waals surface area contributed by atoms with E-state index < -0.39 is 83.1 Å². The number of methoxy groups -OCH3 is 1. The van der Waals surface area contributed by atoms with E-state index in [1.165, 1.54) is 6.92 Å². The van der Waals surface area contributed by atoms with Crippen LogP contribution in [0.3, 0.4) is 0 Å². The molecular weight excluding hydrogens is 637 g/mol. The highest BCUT2D eigenvalue weighted by atomic mass is 19.4. The van der Waals surface area contributed by atoms with Crippen LogP contribution in [0, 0.1) is 5.92 Å². The SMILES string of the molecule is CCOC(=O)N1c2ccc(C(F)(F)C(F)(F)F)cc2[C@H](N(Cc2cc(C(F)(F)F)cc(C(F)(F)F)c2)C(=O)OC)C[C@@H]1C1CC1. The molecule has 1 heterocycles. The summed E-state index contributed by atoms with van der Waals surface area (Å²) < 4.78 is 160. The summed E-state index contributed by atoms with van der Waals surface area (Å²) in [7, 11) is 0.837. The third-order valence-corrected chi connectivity index (χ3v) is 7.58. The third kappa shape index (κ3) is 6.90. The molecule has 1 aliphatic carbocycles. The van der Waals surface area contributed by atoms with Crippen molar-refractivity contribution in [2.45, 2.75) is 69.3 Å². The minimum absolute atomic E-state index is 0.131. The zero-order chi connectivity index (χ0) is 33.7. The lowest BCUT2D eigenvalue weighted by Crippen LogP contribution is -2.50. The lowest BCUT2D eigenvalue weighted by atomic mass is 9.86. The monoisotopic (exact) mass is 662 g/mol. The van der Waals surface area contributed by atoms with Crippen LogP contribution in [0.5, 0.6) is 0 Å². The molecule has 17 heteroatoms. The molecule has 0 aromatic heterocycles. The molecule has 1 aliphatic heterocycles. The Kier molecular flexibility index (Phi) is 8.98. The Hall–Kier alpha value is -3.79. The zero-order valence-corrected chi connectivity index (χ0v) is 23.4. The molecular formula is C28H25F11N2O4. The number of fused-ring (bicyclic) bond motifs is 1. The number of amides is 2. The summed E-state index contributed by atoms with van der Waals surface area (Å²) in [6.07, 6.45) is -18.1. The number of rotatable bonds is 6. The van der Waals surface area contributed by atoms with Crippen molar-refractivity contribution in [2.75, 3.05) is 18.6 Å². The summed E-state index contributed by atoms with van der Waals surface area (Å²) in [4.78, 5) is 27.8. The number of alkyl halides is 11. The Bertz CT molecular complexity index is 1400. The first-order valence-electron chi connectivity index (χ1n) is 13.4. The Labute approximate surface area is 248 Å². The number of anilines is 1. The van der Waals surface area contributed by atoms with Gasteiger partial charge >= 0.3 is 36.6 Å². The van der Waals surface area contributed by atoms with Gasteiger partial charge in [-0.2, -0.15) is 48.3 Å². The minimum atomic E-state index is -6.06. The largest absolute Gasteiger partial charge is 0.458 e. The van der Waals surface area contributed by atoms with E-state index in [2.05, 4.69) is 0 Å². The van der Waals surface area contributed by atoms with Gasteiger partial charge in [-0.05, 0) is 73.6 Å². The molecule has 0 spiro atoms. The number of hydrogen-bond acceptors (Lipinski definition) is 4. The molecule has 2 atom stereocenters. The Morgan fingerprint density at radius 1 is 0.867 bits per heavy atom. The van der Waals surface area contributed by atoms with Crippen molar-refractivity contribution in [3.63, 3.8) is 0 Å². The van der Waals surface area contributed by atoms with Gasteiger partial charge in [-0.3, -0.25) is 9.80 Å². The van der Waals surface area contributed by atoms with Crippen molar-refractivity contribution in [3.8, 4) is 0 Å². The van der Waals surface area contributed by atoms with E-state index in [0.717, 1.165) is 18.1 Å². The lowest BCUT2D eigenvalue weighted by Gasteiger charge is -2.44. The first-order valence-corrected chi connectivity index (χ1v) is 13.4. The predicted molar refractivity (Wildman–Crippen MR) is 134 cm³/mol. The maximum Gasteiger partial charge on any atom is 0.458 e. The van der Waals surface area contributed by atoms with Gasteiger partial charge in [-0.25, -0.2) is 9.59 Å². The molecule has 1 saturated carbocycles. The highest BCUT2D eigenvalue weighted by Crippen LogP contribution is 2.51. The molecule has 0 bridgehead atoms. The molecule has 2 aromatic carbocycles. The van der Waals surface area contributed by atoms with Crippen LogP contribution in [0.4, 0.5) is 63.6 Å². The van der Waals surface area contributed by atoms with Crippen molar-refractivity contribution >= 4 is 17.9 Å². The topological polar surface area (TPSA) is 59.1 Å². The molecule has 2 aliphatic rings. The van der Waals surface area contributed by atoms with Gasteiger partial charge < -0.3 is 9.47 Å². The maximum absolute atomic E-state index is 14.5. The smallest absolute Gasteiger partial charge is 0.453 e. The highest BCUT2D eigenvalue weighted by molar-refractivity contribution is 5.91. The molecule has 6 nitrogen and oxygen atoms in total. The van der Waals surface area contributed by atoms with E-state index >= 15 is 0 Å². The fourth-order valence-electron chi connectivity index (χ4n) is 5.37. The van der Waals surface area contributed by atoms with E-state index in [1.54, 1.807) is 0 Å². The van der Waals surface area contributed by atoms with E-state index in [-0.39, 0.29) is 30.7 Å². The number of carbonyl (C=O) groups is 2. The van der Waals surface area contributed by atoms with Gasteiger partial charge in [0, 0.05) is 18.2 Å². The first-order chi connectivity index (χ1) is 20.7. The van der Waals surface area contributed by atoms with Crippen LogP contribution >= 0.6 is 0 Å². The minimum Gasteiger partial charge on any atom is -0.453 e. The van der Waals surface area contributed by atoms with Gasteiger partial charge in [-0.1, -0.05) is 6.07 Å². The Balaban J connectivity index is 1.92. The van der Waals surface area contributed by atoms with Crippen molar-refractivity contribution in [3.05, 3.63) is 64.2 Å². The molecule has 2 aromatic rings. The number of ether oxygens (including phenoxy) is 2. The van der Waals surface area contributed by atoms with Crippen LogP contribution in [0.1, 0.15) is 60.0 Å². The molecule has 4 rings (SSSR count). The molecule has 0 N–H and O–H groups in total. The number of carbonyl (C=O) groups excluding carboxylic acids is 2. The van der Waals surface area contributed by atoms with E-state index in [0.29, 0.717) is 42.0 Å². The van der Waals surface area contributed by atoms with Crippen molar-refractivity contribution in [1.29, 1.82) is 0 Å². The Morgan fingerprint density at radius 3 is 1.91 bits per heavy atom. The average molecular weight is 662 g/mol. The van der Waals surface area contributed by atoms with E-state index in [9.17, 15) is 57.9 Å². The van der Waals surface area contributed by atoms with Crippen LogP contribution in [-0.2, 0) is 34.3 Å². The summed E-state index contributed by atoms with van der Waals surface area (Å²) in [6, 6.07) is -0.120. The van der Waals surface area contributed by atoms with Crippen molar-refractivity contribution in [2.24, 2.45) is 5.92 Å². The second-order valence-electron chi connectivity index (χ2n) is 10.6. The molecule has 2 amide bonds. The van der Waals surface area contributed by atoms with E-state index in [4.69, 9.17) is 9.47 Å². The van der Waals surface area contributed by atoms with Gasteiger partial charge in [0.25, 0.3) is 0 Å². The van der Waals surface area contributed by atoms with Gasteiger partial charge in [0.15, 0.2) is 0 Å². The summed E-state index contributed by atoms with van der Waals surface area (Å²) in [5.41, 5.74) is -6.32. The summed E-state index contributed by atoms with van der Waals surface area (Å²) in [5, 5.41) is 0. The molecule has 1 fully saturated rings. The fourth-order valence-corrected chi connectivity index (χ4v) is 5.37. The fraction of sp³-hybridized carbons (Fsp3) is 0.500. The second-order valence-corrected chi connectivity index (χ2v) is 10.6. The number of nitrogens with zero attached hydrogens (tertiary/aromatic N) is 2. The van der Waals surface area contributed by atoms with Crippen LogP contribution in [0.25, 0.3) is 0 Å². The van der Waals surface area contributed by atoms with Crippen LogP contribution < -0.4 is 4.90 Å². The quantitative estimate of drug-likeness (QED) is 0.290. The summed E-state index contributed by atoms with van der Waals surface area (Å²) in [5.74, 6) is -5.65. The molecule has 248 valence electrons. The third-order valence-electron chi connectivity index (χ3n) is 7.58. The maximum atomic E-state index is 14.5. The average Bonchev–Trinajstić information content (AvgIpc) is 3.78. The Morgan fingerprint density at radius 2 is 1.44 bits per heavy atom. The number of halogens is 11.